The summed E-state index contributed by atoms with van der Waals surface area (Å²) >= 11 is 0. The van der Waals surface area contributed by atoms with Crippen LogP contribution in [0.3, 0.4) is 0 Å². The number of nitrogens with one attached hydrogen (secondary N) is 1. The fourth-order valence-electron chi connectivity index (χ4n) is 1.17. The van der Waals surface area contributed by atoms with Gasteiger partial charge in [0, 0.05) is 24.3 Å². The molecule has 1 aromatic heterocycles. The average molecular weight is 181 g/mol. The lowest BCUT2D eigenvalue weighted by molar-refractivity contribution is 0.533. The summed E-state index contributed by atoms with van der Waals surface area (Å²) in [6.45, 7) is 9.51. The molecule has 0 aliphatic carbocycles. The van der Waals surface area contributed by atoms with E-state index in [1.165, 1.54) is 5.56 Å². The molecule has 74 valence electrons. The van der Waals surface area contributed by atoms with Crippen LogP contribution in [0.15, 0.2) is 6.20 Å². The maximum Gasteiger partial charge on any atom is 0.150 e. The lowest BCUT2D eigenvalue weighted by Gasteiger charge is -2.04. The Morgan fingerprint density at radius 3 is 2.69 bits per heavy atom. The van der Waals surface area contributed by atoms with Crippen LogP contribution in [0.2, 0.25) is 0 Å². The Hall–Kier alpha value is -0.990. The fourth-order valence-corrected chi connectivity index (χ4v) is 1.17. The number of nitrogens with zero attached hydrogens (tertiary/aromatic N) is 2. The molecule has 0 saturated carbocycles. The molecule has 1 rings (SSSR count). The second-order valence-electron chi connectivity index (χ2n) is 3.66. The van der Waals surface area contributed by atoms with E-state index in [4.69, 9.17) is 0 Å². The normalized spacial score (nSPS) is 10.8. The smallest absolute Gasteiger partial charge is 0.150 e. The molecule has 0 bridgehead atoms. The molecule has 0 aromatic carbocycles. The van der Waals surface area contributed by atoms with Gasteiger partial charge in [-0.3, -0.25) is 4.68 Å². The highest BCUT2D eigenvalue weighted by Gasteiger charge is 2.05. The standard InChI is InChI=1S/C10H19N3/c1-5-6-11-10-9(4)7-13(12-10)8(2)3/h7-8H,5-6H2,1-4H3,(H,11,12). The van der Waals surface area contributed by atoms with E-state index in [0.29, 0.717) is 6.04 Å². The molecular formula is C10H19N3. The van der Waals surface area contributed by atoms with E-state index in [-0.39, 0.29) is 0 Å². The molecule has 1 aromatic rings. The molecular weight excluding hydrogens is 162 g/mol. The highest BCUT2D eigenvalue weighted by Crippen LogP contribution is 2.14. The first-order chi connectivity index (χ1) is 6.15. The minimum Gasteiger partial charge on any atom is -0.368 e. The Morgan fingerprint density at radius 2 is 2.23 bits per heavy atom. The number of anilines is 1. The Bertz CT molecular complexity index is 263. The number of rotatable bonds is 4. The molecule has 0 aliphatic rings. The molecule has 0 aliphatic heterocycles. The van der Waals surface area contributed by atoms with E-state index in [1.54, 1.807) is 0 Å². The minimum absolute atomic E-state index is 0.441. The van der Waals surface area contributed by atoms with Crippen molar-refractivity contribution in [3.63, 3.8) is 0 Å². The van der Waals surface area contributed by atoms with E-state index >= 15 is 0 Å². The van der Waals surface area contributed by atoms with Gasteiger partial charge in [0.05, 0.1) is 0 Å². The maximum atomic E-state index is 4.45. The van der Waals surface area contributed by atoms with Crippen molar-refractivity contribution < 1.29 is 0 Å². The average Bonchev–Trinajstić information content (AvgIpc) is 2.44. The first-order valence-corrected chi connectivity index (χ1v) is 4.94. The maximum absolute atomic E-state index is 4.45. The molecule has 0 amide bonds. The highest BCUT2D eigenvalue weighted by molar-refractivity contribution is 5.41. The van der Waals surface area contributed by atoms with Crippen LogP contribution in [0.1, 0.15) is 38.8 Å². The summed E-state index contributed by atoms with van der Waals surface area (Å²) in [6, 6.07) is 0.441. The molecule has 3 nitrogen and oxygen atoms in total. The zero-order valence-corrected chi connectivity index (χ0v) is 8.96. The Labute approximate surface area is 80.1 Å². The fraction of sp³-hybridized carbons (Fsp3) is 0.700. The van der Waals surface area contributed by atoms with Crippen molar-refractivity contribution in [2.45, 2.75) is 40.2 Å². The number of hydrogen-bond acceptors (Lipinski definition) is 2. The quantitative estimate of drug-likeness (QED) is 0.773. The molecule has 0 spiro atoms. The van der Waals surface area contributed by atoms with Gasteiger partial charge in [0.1, 0.15) is 0 Å². The summed E-state index contributed by atoms with van der Waals surface area (Å²) in [4.78, 5) is 0. The highest BCUT2D eigenvalue weighted by atomic mass is 15.3. The second kappa shape index (κ2) is 4.30. The Morgan fingerprint density at radius 1 is 1.54 bits per heavy atom. The van der Waals surface area contributed by atoms with Gasteiger partial charge in [-0.05, 0) is 27.2 Å². The molecule has 3 heteroatoms. The molecule has 0 fully saturated rings. The van der Waals surface area contributed by atoms with E-state index in [2.05, 4.69) is 44.3 Å². The summed E-state index contributed by atoms with van der Waals surface area (Å²) in [5.74, 6) is 1.02. The van der Waals surface area contributed by atoms with Crippen LogP contribution in [-0.2, 0) is 0 Å². The van der Waals surface area contributed by atoms with Crippen molar-refractivity contribution in [1.82, 2.24) is 9.78 Å². The largest absolute Gasteiger partial charge is 0.368 e. The molecule has 1 N–H and O–H groups in total. The third-order valence-corrected chi connectivity index (χ3v) is 1.99. The van der Waals surface area contributed by atoms with Gasteiger partial charge in [0.25, 0.3) is 0 Å². The predicted molar refractivity (Wildman–Crippen MR) is 56.1 cm³/mol. The molecule has 0 unspecified atom stereocenters. The zero-order chi connectivity index (χ0) is 9.84. The van der Waals surface area contributed by atoms with E-state index < -0.39 is 0 Å². The third kappa shape index (κ3) is 2.47. The minimum atomic E-state index is 0.441. The summed E-state index contributed by atoms with van der Waals surface area (Å²) < 4.78 is 1.99. The van der Waals surface area contributed by atoms with Gasteiger partial charge in [-0.15, -0.1) is 0 Å². The van der Waals surface area contributed by atoms with Crippen molar-refractivity contribution in [1.29, 1.82) is 0 Å². The van der Waals surface area contributed by atoms with Crippen molar-refractivity contribution >= 4 is 5.82 Å². The topological polar surface area (TPSA) is 29.9 Å². The van der Waals surface area contributed by atoms with E-state index in [9.17, 15) is 0 Å². The van der Waals surface area contributed by atoms with Gasteiger partial charge < -0.3 is 5.32 Å². The number of aromatic nitrogens is 2. The van der Waals surface area contributed by atoms with Gasteiger partial charge in [-0.25, -0.2) is 0 Å². The van der Waals surface area contributed by atoms with Crippen molar-refractivity contribution in [3.05, 3.63) is 11.8 Å². The summed E-state index contributed by atoms with van der Waals surface area (Å²) in [5.41, 5.74) is 1.22. The predicted octanol–water partition coefficient (Wildman–Crippen LogP) is 2.59. The molecule has 0 radical (unpaired) electrons. The van der Waals surface area contributed by atoms with Crippen molar-refractivity contribution in [2.24, 2.45) is 0 Å². The monoisotopic (exact) mass is 181 g/mol. The van der Waals surface area contributed by atoms with Gasteiger partial charge >= 0.3 is 0 Å². The first-order valence-electron chi connectivity index (χ1n) is 4.94. The SMILES string of the molecule is CCCNc1nn(C(C)C)cc1C. The van der Waals surface area contributed by atoms with Crippen LogP contribution in [0.5, 0.6) is 0 Å². The number of aryl methyl sites for hydroxylation is 1. The molecule has 1 heterocycles. The second-order valence-corrected chi connectivity index (χ2v) is 3.66. The van der Waals surface area contributed by atoms with Gasteiger partial charge in [0.2, 0.25) is 0 Å². The van der Waals surface area contributed by atoms with Gasteiger partial charge in [-0.1, -0.05) is 6.92 Å². The summed E-state index contributed by atoms with van der Waals surface area (Å²) in [7, 11) is 0. The lowest BCUT2D eigenvalue weighted by atomic mass is 10.3. The van der Waals surface area contributed by atoms with Crippen molar-refractivity contribution in [3.8, 4) is 0 Å². The lowest BCUT2D eigenvalue weighted by Crippen LogP contribution is -2.04. The van der Waals surface area contributed by atoms with Gasteiger partial charge in [-0.2, -0.15) is 5.10 Å². The zero-order valence-electron chi connectivity index (χ0n) is 8.96. The molecule has 0 atom stereocenters. The summed E-state index contributed by atoms with van der Waals surface area (Å²) in [6.07, 6.45) is 3.22. The van der Waals surface area contributed by atoms with Crippen LogP contribution >= 0.6 is 0 Å². The van der Waals surface area contributed by atoms with Crippen LogP contribution in [0.25, 0.3) is 0 Å². The molecule has 13 heavy (non-hydrogen) atoms. The van der Waals surface area contributed by atoms with Crippen molar-refractivity contribution in [2.75, 3.05) is 11.9 Å². The molecule has 0 saturated heterocycles. The van der Waals surface area contributed by atoms with Crippen LogP contribution in [0.4, 0.5) is 5.82 Å². The Kier molecular flexibility index (Phi) is 3.34. The van der Waals surface area contributed by atoms with E-state index in [1.807, 2.05) is 4.68 Å². The van der Waals surface area contributed by atoms with Gasteiger partial charge in [0.15, 0.2) is 5.82 Å². The Balaban J connectivity index is 2.71. The third-order valence-electron chi connectivity index (χ3n) is 1.99. The van der Waals surface area contributed by atoms with Crippen LogP contribution < -0.4 is 5.32 Å². The van der Waals surface area contributed by atoms with Crippen LogP contribution in [-0.4, -0.2) is 16.3 Å². The van der Waals surface area contributed by atoms with E-state index in [0.717, 1.165) is 18.8 Å². The number of hydrogen-bond donors (Lipinski definition) is 1. The first kappa shape index (κ1) is 10.1. The van der Waals surface area contributed by atoms with Crippen LogP contribution in [0, 0.1) is 6.92 Å². The summed E-state index contributed by atoms with van der Waals surface area (Å²) in [5, 5.41) is 7.76.